The van der Waals surface area contributed by atoms with E-state index < -0.39 is 0 Å². The Morgan fingerprint density at radius 2 is 2.07 bits per heavy atom. The highest BCUT2D eigenvalue weighted by molar-refractivity contribution is 5.17. The van der Waals surface area contributed by atoms with Crippen LogP contribution in [0.1, 0.15) is 18.4 Å². The van der Waals surface area contributed by atoms with Crippen LogP contribution < -0.4 is 11.1 Å². The largest absolute Gasteiger partial charge is 0.330 e. The third kappa shape index (κ3) is 2.55. The van der Waals surface area contributed by atoms with Crippen molar-refractivity contribution in [2.45, 2.75) is 19.4 Å². The predicted octanol–water partition coefficient (Wildman–Crippen LogP) is 1.65. The monoisotopic (exact) mass is 208 g/mol. The van der Waals surface area contributed by atoms with Crippen molar-refractivity contribution in [2.24, 2.45) is 11.1 Å². The molecule has 0 unspecified atom stereocenters. The highest BCUT2D eigenvalue weighted by Crippen LogP contribution is 2.43. The maximum atomic E-state index is 13.2. The number of halogens is 1. The van der Waals surface area contributed by atoms with Gasteiger partial charge in [0.05, 0.1) is 0 Å². The molecule has 1 aliphatic carbocycles. The van der Waals surface area contributed by atoms with Crippen molar-refractivity contribution in [1.82, 2.24) is 5.32 Å². The van der Waals surface area contributed by atoms with Crippen LogP contribution in [0.3, 0.4) is 0 Å². The molecule has 1 fully saturated rings. The second-order valence-electron chi connectivity index (χ2n) is 4.40. The summed E-state index contributed by atoms with van der Waals surface area (Å²) >= 11 is 0. The third-order valence-corrected chi connectivity index (χ3v) is 3.16. The van der Waals surface area contributed by atoms with Crippen molar-refractivity contribution in [1.29, 1.82) is 0 Å². The molecule has 0 heterocycles. The Morgan fingerprint density at radius 3 is 2.67 bits per heavy atom. The van der Waals surface area contributed by atoms with Gasteiger partial charge in [-0.25, -0.2) is 4.39 Å². The first-order chi connectivity index (χ1) is 7.26. The quantitative estimate of drug-likeness (QED) is 0.772. The maximum absolute atomic E-state index is 13.2. The Labute approximate surface area is 89.7 Å². The van der Waals surface area contributed by atoms with E-state index in [0.717, 1.165) is 18.7 Å². The topological polar surface area (TPSA) is 38.0 Å². The summed E-state index contributed by atoms with van der Waals surface area (Å²) < 4.78 is 13.2. The summed E-state index contributed by atoms with van der Waals surface area (Å²) in [5, 5.41) is 3.28. The minimum atomic E-state index is -0.136. The number of benzene rings is 1. The van der Waals surface area contributed by atoms with Gasteiger partial charge in [-0.05, 0) is 30.9 Å². The van der Waals surface area contributed by atoms with Crippen molar-refractivity contribution >= 4 is 0 Å². The Balaban J connectivity index is 1.81. The van der Waals surface area contributed by atoms with E-state index in [1.165, 1.54) is 18.9 Å². The smallest absolute Gasteiger partial charge is 0.127 e. The SMILES string of the molecule is NCC1(CNCc2ccccc2F)CC1. The van der Waals surface area contributed by atoms with Gasteiger partial charge in [-0.3, -0.25) is 0 Å². The van der Waals surface area contributed by atoms with Crippen LogP contribution in [0.2, 0.25) is 0 Å². The summed E-state index contributed by atoms with van der Waals surface area (Å²) in [6.07, 6.45) is 2.40. The second-order valence-corrected chi connectivity index (χ2v) is 4.40. The molecular weight excluding hydrogens is 191 g/mol. The summed E-state index contributed by atoms with van der Waals surface area (Å²) in [5.41, 5.74) is 6.70. The van der Waals surface area contributed by atoms with E-state index >= 15 is 0 Å². The van der Waals surface area contributed by atoms with Gasteiger partial charge in [0.15, 0.2) is 0 Å². The number of hydrogen-bond donors (Lipinski definition) is 2. The summed E-state index contributed by atoms with van der Waals surface area (Å²) in [4.78, 5) is 0. The third-order valence-electron chi connectivity index (χ3n) is 3.16. The maximum Gasteiger partial charge on any atom is 0.127 e. The van der Waals surface area contributed by atoms with Gasteiger partial charge in [-0.15, -0.1) is 0 Å². The van der Waals surface area contributed by atoms with E-state index in [0.29, 0.717) is 12.0 Å². The Kier molecular flexibility index (Phi) is 3.03. The summed E-state index contributed by atoms with van der Waals surface area (Å²) in [6, 6.07) is 6.87. The van der Waals surface area contributed by atoms with Gasteiger partial charge in [-0.2, -0.15) is 0 Å². The molecule has 1 aliphatic rings. The molecule has 2 rings (SSSR count). The Morgan fingerprint density at radius 1 is 1.33 bits per heavy atom. The summed E-state index contributed by atoms with van der Waals surface area (Å²) in [6.45, 7) is 2.23. The first kappa shape index (κ1) is 10.6. The molecule has 0 amide bonds. The van der Waals surface area contributed by atoms with E-state index in [4.69, 9.17) is 5.73 Å². The minimum Gasteiger partial charge on any atom is -0.330 e. The second kappa shape index (κ2) is 4.29. The van der Waals surface area contributed by atoms with E-state index in [2.05, 4.69) is 5.32 Å². The summed E-state index contributed by atoms with van der Waals surface area (Å²) in [7, 11) is 0. The van der Waals surface area contributed by atoms with Gasteiger partial charge in [0.2, 0.25) is 0 Å². The molecule has 0 spiro atoms. The molecule has 3 heteroatoms. The Bertz CT molecular complexity index is 334. The molecule has 15 heavy (non-hydrogen) atoms. The molecule has 1 aromatic rings. The van der Waals surface area contributed by atoms with Crippen LogP contribution >= 0.6 is 0 Å². The zero-order valence-corrected chi connectivity index (χ0v) is 8.80. The van der Waals surface area contributed by atoms with Gasteiger partial charge >= 0.3 is 0 Å². The number of rotatable bonds is 5. The van der Waals surface area contributed by atoms with Crippen LogP contribution in [-0.2, 0) is 6.54 Å². The fourth-order valence-electron chi connectivity index (χ4n) is 1.73. The highest BCUT2D eigenvalue weighted by Gasteiger charge is 2.40. The number of hydrogen-bond acceptors (Lipinski definition) is 2. The van der Waals surface area contributed by atoms with Gasteiger partial charge < -0.3 is 11.1 Å². The normalized spacial score (nSPS) is 17.7. The summed E-state index contributed by atoms with van der Waals surface area (Å²) in [5.74, 6) is -0.136. The van der Waals surface area contributed by atoms with Gasteiger partial charge in [0.1, 0.15) is 5.82 Å². The molecule has 0 atom stereocenters. The molecular formula is C12H17FN2. The standard InChI is InChI=1S/C12H17FN2/c13-11-4-2-1-3-10(11)7-15-9-12(8-14)5-6-12/h1-4,15H,5-9,14H2. The van der Waals surface area contributed by atoms with Crippen LogP contribution in [0, 0.1) is 11.2 Å². The van der Waals surface area contributed by atoms with Crippen molar-refractivity contribution in [2.75, 3.05) is 13.1 Å². The fraction of sp³-hybridized carbons (Fsp3) is 0.500. The molecule has 0 bridgehead atoms. The zero-order chi connectivity index (χ0) is 10.7. The molecule has 3 N–H and O–H groups in total. The molecule has 0 aliphatic heterocycles. The van der Waals surface area contributed by atoms with Crippen LogP contribution in [0.5, 0.6) is 0 Å². The lowest BCUT2D eigenvalue weighted by molar-refractivity contribution is 0.462. The molecule has 82 valence electrons. The van der Waals surface area contributed by atoms with Gasteiger partial charge in [0.25, 0.3) is 0 Å². The van der Waals surface area contributed by atoms with Crippen LogP contribution in [0.25, 0.3) is 0 Å². The average molecular weight is 208 g/mol. The molecule has 2 nitrogen and oxygen atoms in total. The van der Waals surface area contributed by atoms with E-state index in [9.17, 15) is 4.39 Å². The molecule has 1 aromatic carbocycles. The molecule has 0 radical (unpaired) electrons. The lowest BCUT2D eigenvalue weighted by atomic mass is 10.1. The van der Waals surface area contributed by atoms with Crippen molar-refractivity contribution in [3.8, 4) is 0 Å². The van der Waals surface area contributed by atoms with Crippen LogP contribution in [0.4, 0.5) is 4.39 Å². The minimum absolute atomic E-state index is 0.136. The van der Waals surface area contributed by atoms with E-state index in [1.807, 2.05) is 12.1 Å². The molecule has 0 saturated heterocycles. The Hall–Kier alpha value is -0.930. The lowest BCUT2D eigenvalue weighted by Gasteiger charge is -2.13. The van der Waals surface area contributed by atoms with E-state index in [-0.39, 0.29) is 5.82 Å². The first-order valence-corrected chi connectivity index (χ1v) is 5.40. The van der Waals surface area contributed by atoms with Crippen LogP contribution in [-0.4, -0.2) is 13.1 Å². The lowest BCUT2D eigenvalue weighted by Crippen LogP contribution is -2.29. The number of nitrogens with two attached hydrogens (primary N) is 1. The molecule has 1 saturated carbocycles. The molecule has 0 aromatic heterocycles. The van der Waals surface area contributed by atoms with E-state index in [1.54, 1.807) is 6.07 Å². The average Bonchev–Trinajstić information content (AvgIpc) is 3.02. The number of nitrogens with one attached hydrogen (secondary N) is 1. The van der Waals surface area contributed by atoms with Crippen molar-refractivity contribution in [3.05, 3.63) is 35.6 Å². The van der Waals surface area contributed by atoms with Crippen LogP contribution in [0.15, 0.2) is 24.3 Å². The predicted molar refractivity (Wildman–Crippen MR) is 58.8 cm³/mol. The van der Waals surface area contributed by atoms with Gasteiger partial charge in [0, 0.05) is 18.7 Å². The highest BCUT2D eigenvalue weighted by atomic mass is 19.1. The van der Waals surface area contributed by atoms with Crippen molar-refractivity contribution < 1.29 is 4.39 Å². The zero-order valence-electron chi connectivity index (χ0n) is 8.80. The van der Waals surface area contributed by atoms with Crippen molar-refractivity contribution in [3.63, 3.8) is 0 Å². The van der Waals surface area contributed by atoms with Gasteiger partial charge in [-0.1, -0.05) is 18.2 Å². The fourth-order valence-corrected chi connectivity index (χ4v) is 1.73. The first-order valence-electron chi connectivity index (χ1n) is 5.40.